The van der Waals surface area contributed by atoms with Gasteiger partial charge in [0.15, 0.2) is 5.96 Å². The molecule has 2 aliphatic rings. The van der Waals surface area contributed by atoms with Crippen LogP contribution in [0.4, 0.5) is 0 Å². The fourth-order valence-corrected chi connectivity index (χ4v) is 3.30. The first-order chi connectivity index (χ1) is 12.3. The van der Waals surface area contributed by atoms with Crippen molar-refractivity contribution in [2.45, 2.75) is 58.0 Å². The second-order valence-corrected chi connectivity index (χ2v) is 7.34. The number of aliphatic imine (C=N–C) groups is 1. The van der Waals surface area contributed by atoms with Crippen LogP contribution in [0, 0.1) is 5.92 Å². The van der Waals surface area contributed by atoms with E-state index in [2.05, 4.69) is 41.1 Å². The smallest absolute Gasteiger partial charge is 0.194 e. The van der Waals surface area contributed by atoms with Crippen LogP contribution in [0.15, 0.2) is 17.3 Å². The van der Waals surface area contributed by atoms with Crippen LogP contribution in [0.1, 0.15) is 57.2 Å². The van der Waals surface area contributed by atoms with Gasteiger partial charge in [-0.3, -0.25) is 4.68 Å². The number of likely N-dealkylation sites (N-methyl/N-ethyl adjacent to an activating group) is 1. The van der Waals surface area contributed by atoms with Crippen LogP contribution in [-0.4, -0.2) is 54.0 Å². The van der Waals surface area contributed by atoms with E-state index in [9.17, 15) is 0 Å². The standard InChI is InChI=1S/C19H33N5O.HI/c1-3-20-19(23(2)12-13-25-15-16-8-9-16)21-14-17-10-11-24(22-17)18-6-4-5-7-18;/h10-11,16,18H,3-9,12-15H2,1-2H3,(H,20,21);1H. The summed E-state index contributed by atoms with van der Waals surface area (Å²) in [4.78, 5) is 6.89. The lowest BCUT2D eigenvalue weighted by Gasteiger charge is -2.21. The molecule has 0 bridgehead atoms. The Morgan fingerprint density at radius 1 is 1.35 bits per heavy atom. The van der Waals surface area contributed by atoms with Crippen molar-refractivity contribution in [1.29, 1.82) is 0 Å². The van der Waals surface area contributed by atoms with Gasteiger partial charge < -0.3 is 15.0 Å². The molecule has 2 aliphatic carbocycles. The number of ether oxygens (including phenoxy) is 1. The van der Waals surface area contributed by atoms with Crippen molar-refractivity contribution in [2.75, 3.05) is 33.4 Å². The number of hydrogen-bond acceptors (Lipinski definition) is 3. The number of nitrogens with one attached hydrogen (secondary N) is 1. The molecule has 1 aromatic heterocycles. The Balaban J connectivity index is 0.00000243. The highest BCUT2D eigenvalue weighted by atomic mass is 127. The number of aromatic nitrogens is 2. The second kappa shape index (κ2) is 11.1. The van der Waals surface area contributed by atoms with Crippen LogP contribution < -0.4 is 5.32 Å². The van der Waals surface area contributed by atoms with Gasteiger partial charge in [-0.05, 0) is 44.6 Å². The molecule has 1 heterocycles. The average Bonchev–Trinajstić information content (AvgIpc) is 3.09. The average molecular weight is 475 g/mol. The van der Waals surface area contributed by atoms with Gasteiger partial charge in [0.05, 0.1) is 24.9 Å². The number of halogens is 1. The van der Waals surface area contributed by atoms with Gasteiger partial charge in [-0.25, -0.2) is 4.99 Å². The molecule has 0 amide bonds. The molecule has 2 saturated carbocycles. The Kier molecular flexibility index (Phi) is 9.18. The third-order valence-corrected chi connectivity index (χ3v) is 5.07. The van der Waals surface area contributed by atoms with Crippen LogP contribution in [-0.2, 0) is 11.3 Å². The lowest BCUT2D eigenvalue weighted by Crippen LogP contribution is -2.40. The molecule has 1 aromatic rings. The summed E-state index contributed by atoms with van der Waals surface area (Å²) in [6.07, 6.45) is 9.98. The summed E-state index contributed by atoms with van der Waals surface area (Å²) in [6, 6.07) is 2.70. The highest BCUT2D eigenvalue weighted by Crippen LogP contribution is 2.29. The molecule has 148 valence electrons. The minimum atomic E-state index is 0. The molecule has 26 heavy (non-hydrogen) atoms. The zero-order valence-corrected chi connectivity index (χ0v) is 18.5. The van der Waals surface area contributed by atoms with E-state index in [1.165, 1.54) is 38.5 Å². The Morgan fingerprint density at radius 2 is 2.12 bits per heavy atom. The van der Waals surface area contributed by atoms with Crippen LogP contribution >= 0.6 is 24.0 Å². The van der Waals surface area contributed by atoms with Gasteiger partial charge in [0.1, 0.15) is 0 Å². The molecule has 0 unspecified atom stereocenters. The van der Waals surface area contributed by atoms with Crippen molar-refractivity contribution in [3.8, 4) is 0 Å². The highest BCUT2D eigenvalue weighted by molar-refractivity contribution is 14.0. The summed E-state index contributed by atoms with van der Waals surface area (Å²) in [5.41, 5.74) is 1.04. The van der Waals surface area contributed by atoms with Gasteiger partial charge in [-0.1, -0.05) is 12.8 Å². The van der Waals surface area contributed by atoms with Crippen molar-refractivity contribution in [3.05, 3.63) is 18.0 Å². The zero-order chi connectivity index (χ0) is 17.5. The van der Waals surface area contributed by atoms with Crippen molar-refractivity contribution in [2.24, 2.45) is 10.9 Å². The van der Waals surface area contributed by atoms with Gasteiger partial charge in [-0.2, -0.15) is 5.10 Å². The predicted molar refractivity (Wildman–Crippen MR) is 116 cm³/mol. The minimum Gasteiger partial charge on any atom is -0.379 e. The van der Waals surface area contributed by atoms with Crippen LogP contribution in [0.2, 0.25) is 0 Å². The first kappa shape index (κ1) is 21.5. The summed E-state index contributed by atoms with van der Waals surface area (Å²) in [5.74, 6) is 1.75. The molecule has 1 N–H and O–H groups in total. The molecule has 3 rings (SSSR count). The molecule has 6 nitrogen and oxygen atoms in total. The van der Waals surface area contributed by atoms with E-state index in [-0.39, 0.29) is 24.0 Å². The van der Waals surface area contributed by atoms with E-state index in [1.807, 2.05) is 0 Å². The Labute approximate surface area is 174 Å². The molecular formula is C19H34IN5O. The number of nitrogens with zero attached hydrogens (tertiary/aromatic N) is 4. The third-order valence-electron chi connectivity index (χ3n) is 5.07. The maximum atomic E-state index is 5.74. The largest absolute Gasteiger partial charge is 0.379 e. The van der Waals surface area contributed by atoms with Crippen molar-refractivity contribution >= 4 is 29.9 Å². The molecule has 0 spiro atoms. The fraction of sp³-hybridized carbons (Fsp3) is 0.789. The first-order valence-electron chi connectivity index (χ1n) is 9.87. The van der Waals surface area contributed by atoms with Crippen molar-refractivity contribution in [3.63, 3.8) is 0 Å². The third kappa shape index (κ3) is 6.72. The molecule has 0 atom stereocenters. The molecular weight excluding hydrogens is 441 g/mol. The summed E-state index contributed by atoms with van der Waals surface area (Å²) < 4.78 is 7.88. The lowest BCUT2D eigenvalue weighted by molar-refractivity contribution is 0.115. The highest BCUT2D eigenvalue weighted by Gasteiger charge is 2.21. The summed E-state index contributed by atoms with van der Waals surface area (Å²) in [6.45, 7) is 6.11. The van der Waals surface area contributed by atoms with Crippen LogP contribution in [0.5, 0.6) is 0 Å². The normalized spacial score (nSPS) is 18.0. The fourth-order valence-electron chi connectivity index (χ4n) is 3.30. The summed E-state index contributed by atoms with van der Waals surface area (Å²) in [7, 11) is 2.07. The SMILES string of the molecule is CCNC(=NCc1ccn(C2CCCC2)n1)N(C)CCOCC1CC1.I. The second-order valence-electron chi connectivity index (χ2n) is 7.34. The predicted octanol–water partition coefficient (Wildman–Crippen LogP) is 3.44. The Bertz CT molecular complexity index is 552. The van der Waals surface area contributed by atoms with Gasteiger partial charge in [0.2, 0.25) is 0 Å². The molecule has 2 fully saturated rings. The van der Waals surface area contributed by atoms with E-state index in [4.69, 9.17) is 14.8 Å². The maximum Gasteiger partial charge on any atom is 0.194 e. The molecule has 0 aliphatic heterocycles. The Morgan fingerprint density at radius 3 is 2.81 bits per heavy atom. The van der Waals surface area contributed by atoms with E-state index in [0.29, 0.717) is 12.6 Å². The maximum absolute atomic E-state index is 5.74. The van der Waals surface area contributed by atoms with Gasteiger partial charge in [0.25, 0.3) is 0 Å². The number of guanidine groups is 1. The summed E-state index contributed by atoms with van der Waals surface area (Å²) in [5, 5.41) is 8.09. The van der Waals surface area contributed by atoms with E-state index >= 15 is 0 Å². The van der Waals surface area contributed by atoms with Crippen LogP contribution in [0.25, 0.3) is 0 Å². The molecule has 0 aromatic carbocycles. The van der Waals surface area contributed by atoms with Gasteiger partial charge in [-0.15, -0.1) is 24.0 Å². The molecule has 7 heteroatoms. The molecule has 0 radical (unpaired) electrons. The van der Waals surface area contributed by atoms with Gasteiger partial charge >= 0.3 is 0 Å². The van der Waals surface area contributed by atoms with Crippen molar-refractivity contribution < 1.29 is 4.74 Å². The lowest BCUT2D eigenvalue weighted by atomic mass is 10.3. The number of rotatable bonds is 9. The topological polar surface area (TPSA) is 54.7 Å². The van der Waals surface area contributed by atoms with Crippen LogP contribution in [0.3, 0.4) is 0 Å². The Hall–Kier alpha value is -0.830. The zero-order valence-electron chi connectivity index (χ0n) is 16.2. The minimum absolute atomic E-state index is 0. The quantitative estimate of drug-likeness (QED) is 0.257. The van der Waals surface area contributed by atoms with E-state index in [1.54, 1.807) is 0 Å². The summed E-state index contributed by atoms with van der Waals surface area (Å²) >= 11 is 0. The van der Waals surface area contributed by atoms with Gasteiger partial charge in [0, 0.05) is 32.9 Å². The first-order valence-corrected chi connectivity index (χ1v) is 9.87. The molecule has 0 saturated heterocycles. The number of hydrogen-bond donors (Lipinski definition) is 1. The van der Waals surface area contributed by atoms with Crippen molar-refractivity contribution in [1.82, 2.24) is 20.0 Å². The monoisotopic (exact) mass is 475 g/mol. The van der Waals surface area contributed by atoms with E-state index < -0.39 is 0 Å². The van der Waals surface area contributed by atoms with E-state index in [0.717, 1.165) is 43.9 Å².